The highest BCUT2D eigenvalue weighted by atomic mass is 16.2. The molecule has 4 nitrogen and oxygen atoms in total. The van der Waals surface area contributed by atoms with Gasteiger partial charge in [-0.1, -0.05) is 13.8 Å². The first-order valence-electron chi connectivity index (χ1n) is 6.33. The summed E-state index contributed by atoms with van der Waals surface area (Å²) in [5, 5.41) is 4.06. The Labute approximate surface area is 104 Å². The number of carbonyl (C=O) groups is 1. The standard InChI is InChI=1S/C13H23N3O/c1-6-10(3)16(11(4)7-2)13(17)12-8-9-14-15(12)5/h8-11H,6-7H2,1-5H3/t10-,11-/m1/s1. The van der Waals surface area contributed by atoms with Crippen molar-refractivity contribution >= 4 is 5.91 Å². The summed E-state index contributed by atoms with van der Waals surface area (Å²) in [4.78, 5) is 14.5. The molecule has 0 aromatic carbocycles. The highest BCUT2D eigenvalue weighted by Gasteiger charge is 2.26. The van der Waals surface area contributed by atoms with E-state index in [1.54, 1.807) is 24.0 Å². The molecule has 0 fully saturated rings. The summed E-state index contributed by atoms with van der Waals surface area (Å²) >= 11 is 0. The van der Waals surface area contributed by atoms with Crippen LogP contribution in [0, 0.1) is 0 Å². The first-order chi connectivity index (χ1) is 8.02. The molecule has 1 amide bonds. The number of amides is 1. The van der Waals surface area contributed by atoms with Gasteiger partial charge in [-0.25, -0.2) is 0 Å². The van der Waals surface area contributed by atoms with Crippen LogP contribution in [0.25, 0.3) is 0 Å². The summed E-state index contributed by atoms with van der Waals surface area (Å²) in [7, 11) is 1.80. The average molecular weight is 237 g/mol. The van der Waals surface area contributed by atoms with Crippen molar-refractivity contribution in [3.63, 3.8) is 0 Å². The number of hydrogen-bond acceptors (Lipinski definition) is 2. The Morgan fingerprint density at radius 2 is 1.88 bits per heavy atom. The molecule has 2 atom stereocenters. The van der Waals surface area contributed by atoms with E-state index in [1.165, 1.54) is 0 Å². The molecule has 0 radical (unpaired) electrons. The van der Waals surface area contributed by atoms with Crippen LogP contribution in [0.1, 0.15) is 51.0 Å². The molecule has 0 saturated carbocycles. The third-order valence-corrected chi connectivity index (χ3v) is 3.41. The predicted molar refractivity (Wildman–Crippen MR) is 68.9 cm³/mol. The minimum atomic E-state index is 0.0775. The highest BCUT2D eigenvalue weighted by Crippen LogP contribution is 2.15. The number of nitrogens with zero attached hydrogens (tertiary/aromatic N) is 3. The van der Waals surface area contributed by atoms with E-state index in [0.717, 1.165) is 12.8 Å². The quantitative estimate of drug-likeness (QED) is 0.789. The minimum Gasteiger partial charge on any atom is -0.332 e. The van der Waals surface area contributed by atoms with E-state index in [9.17, 15) is 4.79 Å². The van der Waals surface area contributed by atoms with E-state index in [1.807, 2.05) is 4.90 Å². The van der Waals surface area contributed by atoms with Crippen LogP contribution < -0.4 is 0 Å². The Balaban J connectivity index is 2.99. The molecule has 1 aromatic rings. The monoisotopic (exact) mass is 237 g/mol. The van der Waals surface area contributed by atoms with Gasteiger partial charge in [0.05, 0.1) is 0 Å². The van der Waals surface area contributed by atoms with Gasteiger partial charge < -0.3 is 4.90 Å². The van der Waals surface area contributed by atoms with E-state index in [2.05, 4.69) is 32.8 Å². The van der Waals surface area contributed by atoms with Gasteiger partial charge in [-0.3, -0.25) is 9.48 Å². The van der Waals surface area contributed by atoms with Crippen LogP contribution in [-0.2, 0) is 7.05 Å². The molecular formula is C13H23N3O. The first kappa shape index (κ1) is 13.7. The molecule has 0 aliphatic rings. The maximum absolute atomic E-state index is 12.5. The van der Waals surface area contributed by atoms with Gasteiger partial charge >= 0.3 is 0 Å². The maximum atomic E-state index is 12.5. The van der Waals surface area contributed by atoms with Crippen molar-refractivity contribution in [2.45, 2.75) is 52.6 Å². The van der Waals surface area contributed by atoms with Crippen molar-refractivity contribution in [2.24, 2.45) is 7.05 Å². The van der Waals surface area contributed by atoms with Crippen molar-refractivity contribution < 1.29 is 4.79 Å². The fourth-order valence-electron chi connectivity index (χ4n) is 1.94. The molecule has 17 heavy (non-hydrogen) atoms. The molecule has 0 saturated heterocycles. The van der Waals surface area contributed by atoms with Crippen molar-refractivity contribution in [2.75, 3.05) is 0 Å². The molecule has 0 aliphatic carbocycles. The Kier molecular flexibility index (Phi) is 4.73. The van der Waals surface area contributed by atoms with E-state index < -0.39 is 0 Å². The van der Waals surface area contributed by atoms with Crippen LogP contribution in [0.2, 0.25) is 0 Å². The molecule has 0 aliphatic heterocycles. The smallest absolute Gasteiger partial charge is 0.272 e. The van der Waals surface area contributed by atoms with Crippen LogP contribution >= 0.6 is 0 Å². The largest absolute Gasteiger partial charge is 0.332 e. The van der Waals surface area contributed by atoms with E-state index in [4.69, 9.17) is 0 Å². The Hall–Kier alpha value is -1.32. The number of aromatic nitrogens is 2. The first-order valence-corrected chi connectivity index (χ1v) is 6.33. The molecule has 1 rings (SSSR count). The number of hydrogen-bond donors (Lipinski definition) is 0. The lowest BCUT2D eigenvalue weighted by atomic mass is 10.1. The van der Waals surface area contributed by atoms with Gasteiger partial charge in [-0.05, 0) is 32.8 Å². The molecule has 0 N–H and O–H groups in total. The van der Waals surface area contributed by atoms with Gasteiger partial charge in [-0.2, -0.15) is 5.10 Å². The van der Waals surface area contributed by atoms with E-state index in [-0.39, 0.29) is 18.0 Å². The van der Waals surface area contributed by atoms with Gasteiger partial charge in [0.1, 0.15) is 5.69 Å². The Morgan fingerprint density at radius 3 is 2.24 bits per heavy atom. The predicted octanol–water partition coefficient (Wildman–Crippen LogP) is 2.46. The second kappa shape index (κ2) is 5.84. The van der Waals surface area contributed by atoms with E-state index >= 15 is 0 Å². The SMILES string of the molecule is CC[C@@H](C)N(C(=O)c1ccnn1C)[C@H](C)CC. The molecule has 0 unspecified atom stereocenters. The summed E-state index contributed by atoms with van der Waals surface area (Å²) in [6.07, 6.45) is 3.60. The lowest BCUT2D eigenvalue weighted by molar-refractivity contribution is 0.0587. The second-order valence-corrected chi connectivity index (χ2v) is 4.57. The highest BCUT2D eigenvalue weighted by molar-refractivity contribution is 5.92. The van der Waals surface area contributed by atoms with Gasteiger partial charge in [0.25, 0.3) is 5.91 Å². The minimum absolute atomic E-state index is 0.0775. The number of carbonyl (C=O) groups excluding carboxylic acids is 1. The fraction of sp³-hybridized carbons (Fsp3) is 0.692. The van der Waals surface area contributed by atoms with Gasteiger partial charge in [-0.15, -0.1) is 0 Å². The summed E-state index contributed by atoms with van der Waals surface area (Å²) in [5.41, 5.74) is 0.658. The molecular weight excluding hydrogens is 214 g/mol. The van der Waals surface area contributed by atoms with Crippen LogP contribution in [0.15, 0.2) is 12.3 Å². The molecule has 1 aromatic heterocycles. The fourth-order valence-corrected chi connectivity index (χ4v) is 1.94. The zero-order valence-electron chi connectivity index (χ0n) is 11.5. The Morgan fingerprint density at radius 1 is 1.35 bits per heavy atom. The maximum Gasteiger partial charge on any atom is 0.272 e. The Bertz CT molecular complexity index is 362. The lowest BCUT2D eigenvalue weighted by Crippen LogP contribution is -2.44. The van der Waals surface area contributed by atoms with Crippen molar-refractivity contribution in [1.82, 2.24) is 14.7 Å². The molecule has 0 spiro atoms. The van der Waals surface area contributed by atoms with Gasteiger partial charge in [0, 0.05) is 25.3 Å². The molecule has 1 heterocycles. The van der Waals surface area contributed by atoms with Crippen molar-refractivity contribution in [3.05, 3.63) is 18.0 Å². The van der Waals surface area contributed by atoms with Crippen LogP contribution in [0.5, 0.6) is 0 Å². The lowest BCUT2D eigenvalue weighted by Gasteiger charge is -2.33. The van der Waals surface area contributed by atoms with Crippen LogP contribution in [-0.4, -0.2) is 32.7 Å². The van der Waals surface area contributed by atoms with E-state index in [0.29, 0.717) is 5.69 Å². The van der Waals surface area contributed by atoms with Crippen LogP contribution in [0.3, 0.4) is 0 Å². The number of aryl methyl sites for hydroxylation is 1. The topological polar surface area (TPSA) is 38.1 Å². The van der Waals surface area contributed by atoms with Gasteiger partial charge in [0.15, 0.2) is 0 Å². The third-order valence-electron chi connectivity index (χ3n) is 3.41. The van der Waals surface area contributed by atoms with Crippen molar-refractivity contribution in [1.29, 1.82) is 0 Å². The summed E-state index contributed by atoms with van der Waals surface area (Å²) in [6.45, 7) is 8.41. The normalized spacial score (nSPS) is 14.4. The van der Waals surface area contributed by atoms with Crippen LogP contribution in [0.4, 0.5) is 0 Å². The number of rotatable bonds is 5. The summed E-state index contributed by atoms with van der Waals surface area (Å²) < 4.78 is 1.64. The van der Waals surface area contributed by atoms with Crippen molar-refractivity contribution in [3.8, 4) is 0 Å². The second-order valence-electron chi connectivity index (χ2n) is 4.57. The summed E-state index contributed by atoms with van der Waals surface area (Å²) in [6, 6.07) is 2.29. The van der Waals surface area contributed by atoms with Gasteiger partial charge in [0.2, 0.25) is 0 Å². The third kappa shape index (κ3) is 2.87. The zero-order chi connectivity index (χ0) is 13.0. The average Bonchev–Trinajstić information content (AvgIpc) is 2.74. The molecule has 0 bridgehead atoms. The molecule has 96 valence electrons. The zero-order valence-corrected chi connectivity index (χ0v) is 11.5. The summed E-state index contributed by atoms with van der Waals surface area (Å²) in [5.74, 6) is 0.0775. The molecule has 4 heteroatoms.